The number of hydrogen-bond donors (Lipinski definition) is 2. The molecule has 2 N–H and O–H groups in total. The SMILES string of the molecule is [2H]c1nc(OCC([2H])([2H])Oc2ncnc(NS(=O)(=O)NC([2H])([2H])C([2H])([2H])C([2H])([2H])[2H])c2-c2ccc(Br)cc2)nc([2H])c1Br. The maximum Gasteiger partial charge on any atom is 0.316 e. The highest BCUT2D eigenvalue weighted by Crippen LogP contribution is 2.34. The predicted molar refractivity (Wildman–Crippen MR) is 127 cm³/mol. The van der Waals surface area contributed by atoms with Crippen LogP contribution in [-0.4, -0.2) is 48.0 Å². The van der Waals surface area contributed by atoms with Crippen molar-refractivity contribution >= 4 is 47.9 Å². The fourth-order valence-electron chi connectivity index (χ4n) is 2.15. The summed E-state index contributed by atoms with van der Waals surface area (Å²) in [5.41, 5.74) is -0.0617. The number of nitrogens with one attached hydrogen (secondary N) is 2. The van der Waals surface area contributed by atoms with Gasteiger partial charge in [0.1, 0.15) is 19.5 Å². The molecule has 0 atom stereocenters. The van der Waals surface area contributed by atoms with E-state index < -0.39 is 60.8 Å². The maximum absolute atomic E-state index is 12.9. The van der Waals surface area contributed by atoms with Gasteiger partial charge in [0.25, 0.3) is 10.2 Å². The summed E-state index contributed by atoms with van der Waals surface area (Å²) in [6.45, 7) is -10.8. The molecule has 1 aromatic carbocycles. The predicted octanol–water partition coefficient (Wildman–Crippen LogP) is 3.57. The Labute approximate surface area is 218 Å². The smallest absolute Gasteiger partial charge is 0.316 e. The van der Waals surface area contributed by atoms with E-state index in [4.69, 9.17) is 24.6 Å². The number of ether oxygens (including phenoxy) is 2. The van der Waals surface area contributed by atoms with E-state index in [-0.39, 0.29) is 27.9 Å². The largest absolute Gasteiger partial charge is 0.473 e. The van der Waals surface area contributed by atoms with Crippen LogP contribution in [0.1, 0.15) is 28.3 Å². The monoisotopic (exact) mass is 597 g/mol. The molecular formula is C19H20Br2N6O4S. The van der Waals surface area contributed by atoms with Gasteiger partial charge in [0.05, 0.1) is 15.5 Å². The van der Waals surface area contributed by atoms with Crippen LogP contribution in [0.4, 0.5) is 5.82 Å². The molecule has 0 aliphatic rings. The summed E-state index contributed by atoms with van der Waals surface area (Å²) in [5.74, 6) is -1.10. The molecule has 0 radical (unpaired) electrons. The van der Waals surface area contributed by atoms with Crippen molar-refractivity contribution in [2.45, 2.75) is 13.2 Å². The van der Waals surface area contributed by atoms with Crippen LogP contribution in [0, 0.1) is 0 Å². The van der Waals surface area contributed by atoms with Crippen LogP contribution in [0.15, 0.2) is 51.9 Å². The lowest BCUT2D eigenvalue weighted by atomic mass is 10.1. The standard InChI is InChI=1S/C19H20Br2N6O4S/c1-2-7-26-32(28,29)27-17-16(13-3-5-14(20)6-4-13)18(25-12-24-17)30-8-9-31-19-22-10-15(21)11-23-19/h3-6,10-12,26H,2,7-9H2,1H3,(H,24,25,27)/i1D3,2D2,7D2,8D2,10D,11D. The van der Waals surface area contributed by atoms with E-state index in [1.54, 1.807) is 12.1 Å². The van der Waals surface area contributed by atoms with Crippen LogP contribution in [0.5, 0.6) is 11.9 Å². The van der Waals surface area contributed by atoms with E-state index in [0.717, 1.165) is 6.33 Å². The summed E-state index contributed by atoms with van der Waals surface area (Å²) in [5, 5.41) is 0. The van der Waals surface area contributed by atoms with Crippen molar-refractivity contribution < 1.29 is 33.0 Å². The van der Waals surface area contributed by atoms with Gasteiger partial charge < -0.3 is 9.47 Å². The van der Waals surface area contributed by atoms with Gasteiger partial charge in [-0.25, -0.2) is 19.9 Å². The van der Waals surface area contributed by atoms with Gasteiger partial charge in [0, 0.05) is 32.9 Å². The van der Waals surface area contributed by atoms with Crippen molar-refractivity contribution in [3.8, 4) is 23.0 Å². The first-order valence-corrected chi connectivity index (χ1v) is 11.4. The van der Waals surface area contributed by atoms with Crippen molar-refractivity contribution in [3.63, 3.8) is 0 Å². The minimum atomic E-state index is -5.09. The summed E-state index contributed by atoms with van der Waals surface area (Å²) in [7, 11) is -5.09. The molecule has 0 spiro atoms. The third kappa shape index (κ3) is 7.08. The molecule has 0 amide bonds. The van der Waals surface area contributed by atoms with Gasteiger partial charge in [-0.15, -0.1) is 0 Å². The molecule has 0 aliphatic heterocycles. The first kappa shape index (κ1) is 13.4. The Kier molecular flexibility index (Phi) is 4.81. The molecule has 0 fully saturated rings. The van der Waals surface area contributed by atoms with E-state index in [2.05, 4.69) is 51.8 Å². The Balaban J connectivity index is 1.98. The lowest BCUT2D eigenvalue weighted by molar-refractivity contribution is 0.202. The second-order valence-electron chi connectivity index (χ2n) is 5.45. The number of anilines is 1. The van der Waals surface area contributed by atoms with Crippen LogP contribution >= 0.6 is 31.9 Å². The Morgan fingerprint density at radius 2 is 1.84 bits per heavy atom. The van der Waals surface area contributed by atoms with E-state index in [0.29, 0.717) is 4.47 Å². The number of hydrogen-bond acceptors (Lipinski definition) is 8. The molecule has 170 valence electrons. The minimum Gasteiger partial charge on any atom is -0.473 e. The molecule has 0 saturated carbocycles. The van der Waals surface area contributed by atoms with Gasteiger partial charge in [-0.05, 0) is 40.0 Å². The highest BCUT2D eigenvalue weighted by Gasteiger charge is 2.19. The average Bonchev–Trinajstić information content (AvgIpc) is 2.85. The summed E-state index contributed by atoms with van der Waals surface area (Å²) >= 11 is 6.21. The first-order valence-electron chi connectivity index (χ1n) is 13.8. The Hall–Kier alpha value is -2.35. The molecule has 0 aliphatic carbocycles. The van der Waals surface area contributed by atoms with E-state index in [1.165, 1.54) is 16.9 Å². The highest BCUT2D eigenvalue weighted by molar-refractivity contribution is 9.10. The highest BCUT2D eigenvalue weighted by atomic mass is 79.9. The third-order valence-corrected chi connectivity index (χ3v) is 5.07. The van der Waals surface area contributed by atoms with Gasteiger partial charge in [-0.2, -0.15) is 13.1 Å². The molecule has 10 nitrogen and oxygen atoms in total. The second kappa shape index (κ2) is 11.5. The Morgan fingerprint density at radius 3 is 2.56 bits per heavy atom. The molecule has 3 aromatic rings. The van der Waals surface area contributed by atoms with Crippen LogP contribution in [0.3, 0.4) is 0 Å². The lowest BCUT2D eigenvalue weighted by Crippen LogP contribution is -2.31. The van der Waals surface area contributed by atoms with Crippen molar-refractivity contribution in [1.29, 1.82) is 0 Å². The summed E-state index contributed by atoms with van der Waals surface area (Å²) in [6, 6.07) is 5.52. The van der Waals surface area contributed by atoms with Crippen LogP contribution in [0.2, 0.25) is 0 Å². The molecule has 3 rings (SSSR count). The van der Waals surface area contributed by atoms with Gasteiger partial charge in [0.2, 0.25) is 5.88 Å². The normalized spacial score (nSPS) is 18.0. The third-order valence-electron chi connectivity index (χ3n) is 3.35. The zero-order valence-corrected chi connectivity index (χ0v) is 19.7. The number of aromatic nitrogens is 4. The molecule has 0 unspecified atom stereocenters. The summed E-state index contributed by atoms with van der Waals surface area (Å²) in [6.07, 6.45) is -3.63. The van der Waals surface area contributed by atoms with Crippen LogP contribution < -0.4 is 18.9 Å². The van der Waals surface area contributed by atoms with Crippen molar-refractivity contribution in [3.05, 3.63) is 51.9 Å². The van der Waals surface area contributed by atoms with Crippen LogP contribution in [-0.2, 0) is 10.2 Å². The van der Waals surface area contributed by atoms with Crippen molar-refractivity contribution in [2.24, 2.45) is 0 Å². The minimum absolute atomic E-state index is 0.00803. The zero-order chi connectivity index (χ0) is 32.6. The van der Waals surface area contributed by atoms with Crippen LogP contribution in [0.25, 0.3) is 11.1 Å². The number of halogens is 2. The van der Waals surface area contributed by atoms with Crippen molar-refractivity contribution in [1.82, 2.24) is 24.7 Å². The number of nitrogens with zero attached hydrogens (tertiary/aromatic N) is 4. The van der Waals surface area contributed by atoms with Gasteiger partial charge in [0.15, 0.2) is 5.82 Å². The van der Waals surface area contributed by atoms with E-state index in [9.17, 15) is 8.42 Å². The first-order chi connectivity index (χ1) is 19.6. The molecule has 32 heavy (non-hydrogen) atoms. The molecule has 13 heteroatoms. The average molecular weight is 599 g/mol. The molecule has 0 saturated heterocycles. The number of benzene rings is 1. The Morgan fingerprint density at radius 1 is 1.09 bits per heavy atom. The fraction of sp³-hybridized carbons (Fsp3) is 0.263. The molecule has 0 bridgehead atoms. The topological polar surface area (TPSA) is 128 Å². The second-order valence-corrected chi connectivity index (χ2v) is 8.57. The van der Waals surface area contributed by atoms with Gasteiger partial charge >= 0.3 is 6.01 Å². The lowest BCUT2D eigenvalue weighted by Gasteiger charge is -2.15. The number of rotatable bonds is 11. The zero-order valence-electron chi connectivity index (χ0n) is 26.7. The van der Waals surface area contributed by atoms with Crippen molar-refractivity contribution in [2.75, 3.05) is 24.4 Å². The van der Waals surface area contributed by atoms with E-state index >= 15 is 0 Å². The molecule has 2 heterocycles. The maximum atomic E-state index is 12.9. The summed E-state index contributed by atoms with van der Waals surface area (Å²) < 4.78 is 125. The molecule has 2 aromatic heterocycles. The Bertz CT molecular complexity index is 1580. The summed E-state index contributed by atoms with van der Waals surface area (Å²) in [4.78, 5) is 15.1. The van der Waals surface area contributed by atoms with Gasteiger partial charge in [-0.3, -0.25) is 4.72 Å². The fourth-order valence-corrected chi connectivity index (χ4v) is 3.23. The van der Waals surface area contributed by atoms with Gasteiger partial charge in [-0.1, -0.05) is 34.9 Å². The molecular weight excluding hydrogens is 568 g/mol. The quantitative estimate of drug-likeness (QED) is 0.343. The van der Waals surface area contributed by atoms with E-state index in [1.807, 2.05) is 4.72 Å².